The zero-order valence-corrected chi connectivity index (χ0v) is 11.5. The van der Waals surface area contributed by atoms with Crippen molar-refractivity contribution in [3.05, 3.63) is 18.2 Å². The van der Waals surface area contributed by atoms with E-state index >= 15 is 0 Å². The number of rotatable bonds is 7. The molecule has 0 spiro atoms. The summed E-state index contributed by atoms with van der Waals surface area (Å²) >= 11 is 0. The lowest BCUT2D eigenvalue weighted by molar-refractivity contribution is 0.355. The minimum atomic E-state index is -3.35. The summed E-state index contributed by atoms with van der Waals surface area (Å²) in [5, 5.41) is 2.79. The molecule has 2 N–H and O–H groups in total. The van der Waals surface area contributed by atoms with Crippen molar-refractivity contribution in [3.8, 4) is 11.5 Å². The maximum Gasteiger partial charge on any atom is 0.233 e. The van der Waals surface area contributed by atoms with Crippen LogP contribution < -0.4 is 19.5 Å². The third-order valence-corrected chi connectivity index (χ3v) is 3.57. The molecule has 0 radical (unpaired) electrons. The van der Waals surface area contributed by atoms with Crippen molar-refractivity contribution in [1.82, 2.24) is 5.32 Å². The van der Waals surface area contributed by atoms with Gasteiger partial charge in [-0.3, -0.25) is 4.72 Å². The van der Waals surface area contributed by atoms with Gasteiger partial charge in [0, 0.05) is 12.6 Å². The molecule has 0 aliphatic carbocycles. The minimum Gasteiger partial charge on any atom is -0.493 e. The van der Waals surface area contributed by atoms with Crippen LogP contribution in [0, 0.1) is 0 Å². The Morgan fingerprint density at radius 1 is 1.17 bits per heavy atom. The van der Waals surface area contributed by atoms with Crippen LogP contribution >= 0.6 is 0 Å². The van der Waals surface area contributed by atoms with Gasteiger partial charge in [0.05, 0.1) is 25.7 Å². The van der Waals surface area contributed by atoms with E-state index in [0.29, 0.717) is 23.7 Å². The Labute approximate surface area is 107 Å². The second kappa shape index (κ2) is 6.46. The zero-order chi connectivity index (χ0) is 13.6. The van der Waals surface area contributed by atoms with E-state index in [1.807, 2.05) is 0 Å². The van der Waals surface area contributed by atoms with Crippen LogP contribution in [0.15, 0.2) is 18.2 Å². The number of ether oxygens (including phenoxy) is 2. The highest BCUT2D eigenvalue weighted by molar-refractivity contribution is 7.92. The lowest BCUT2D eigenvalue weighted by atomic mass is 10.3. The topological polar surface area (TPSA) is 76.7 Å². The number of anilines is 1. The molecule has 6 nitrogen and oxygen atoms in total. The van der Waals surface area contributed by atoms with Crippen LogP contribution in [0.4, 0.5) is 5.69 Å². The van der Waals surface area contributed by atoms with Gasteiger partial charge in [0.15, 0.2) is 11.5 Å². The van der Waals surface area contributed by atoms with Gasteiger partial charge < -0.3 is 14.8 Å². The van der Waals surface area contributed by atoms with Crippen LogP contribution in [0.2, 0.25) is 0 Å². The molecule has 1 rings (SSSR count). The van der Waals surface area contributed by atoms with Gasteiger partial charge in [0.1, 0.15) is 0 Å². The molecule has 0 aromatic heterocycles. The molecule has 0 aliphatic heterocycles. The van der Waals surface area contributed by atoms with E-state index in [9.17, 15) is 8.42 Å². The summed E-state index contributed by atoms with van der Waals surface area (Å²) in [6.45, 7) is 0.391. The summed E-state index contributed by atoms with van der Waals surface area (Å²) in [5.74, 6) is 1.04. The number of methoxy groups -OCH3 is 2. The third-order valence-electron chi connectivity index (χ3n) is 2.28. The van der Waals surface area contributed by atoms with Gasteiger partial charge in [-0.2, -0.15) is 0 Å². The van der Waals surface area contributed by atoms with Crippen molar-refractivity contribution < 1.29 is 17.9 Å². The van der Waals surface area contributed by atoms with Crippen LogP contribution in [0.3, 0.4) is 0 Å². The van der Waals surface area contributed by atoms with Gasteiger partial charge in [0.25, 0.3) is 0 Å². The summed E-state index contributed by atoms with van der Waals surface area (Å²) in [7, 11) is 1.37. The van der Waals surface area contributed by atoms with Crippen molar-refractivity contribution in [2.45, 2.75) is 0 Å². The van der Waals surface area contributed by atoms with Gasteiger partial charge in [-0.15, -0.1) is 0 Å². The highest BCUT2D eigenvalue weighted by Crippen LogP contribution is 2.30. The molecule has 0 amide bonds. The molecule has 0 aliphatic rings. The van der Waals surface area contributed by atoms with E-state index in [-0.39, 0.29) is 5.75 Å². The summed E-state index contributed by atoms with van der Waals surface area (Å²) in [5.41, 5.74) is 0.448. The van der Waals surface area contributed by atoms with Crippen molar-refractivity contribution in [2.75, 3.05) is 38.3 Å². The quantitative estimate of drug-likeness (QED) is 0.764. The average molecular weight is 274 g/mol. The first-order chi connectivity index (χ1) is 8.52. The molecular weight excluding hydrogens is 256 g/mol. The van der Waals surface area contributed by atoms with Gasteiger partial charge >= 0.3 is 0 Å². The van der Waals surface area contributed by atoms with Crippen LogP contribution in [-0.4, -0.2) is 42.0 Å². The monoisotopic (exact) mass is 274 g/mol. The number of hydrogen-bond donors (Lipinski definition) is 2. The van der Waals surface area contributed by atoms with Gasteiger partial charge in [-0.05, 0) is 19.2 Å². The van der Waals surface area contributed by atoms with Crippen molar-refractivity contribution in [1.29, 1.82) is 0 Å². The van der Waals surface area contributed by atoms with Crippen LogP contribution in [0.25, 0.3) is 0 Å². The molecule has 0 heterocycles. The summed E-state index contributed by atoms with van der Waals surface area (Å²) < 4.78 is 36.0. The summed E-state index contributed by atoms with van der Waals surface area (Å²) in [4.78, 5) is 0. The fraction of sp³-hybridized carbons (Fsp3) is 0.455. The molecule has 0 atom stereocenters. The average Bonchev–Trinajstić information content (AvgIpc) is 2.35. The fourth-order valence-corrected chi connectivity index (χ4v) is 2.43. The molecule has 0 fully saturated rings. The fourth-order valence-electron chi connectivity index (χ4n) is 1.37. The van der Waals surface area contributed by atoms with Crippen LogP contribution in [0.1, 0.15) is 0 Å². The lowest BCUT2D eigenvalue weighted by Gasteiger charge is -2.11. The molecule has 1 aromatic carbocycles. The van der Waals surface area contributed by atoms with Crippen LogP contribution in [-0.2, 0) is 10.0 Å². The first-order valence-corrected chi connectivity index (χ1v) is 7.04. The van der Waals surface area contributed by atoms with E-state index in [1.165, 1.54) is 14.2 Å². The highest BCUT2D eigenvalue weighted by atomic mass is 32.2. The second-order valence-electron chi connectivity index (χ2n) is 3.59. The molecule has 0 bridgehead atoms. The molecule has 1 aromatic rings. The lowest BCUT2D eigenvalue weighted by Crippen LogP contribution is -2.24. The first kappa shape index (κ1) is 14.6. The molecule has 0 unspecified atom stereocenters. The summed E-state index contributed by atoms with van der Waals surface area (Å²) in [6.07, 6.45) is 0. The van der Waals surface area contributed by atoms with E-state index in [0.717, 1.165) is 0 Å². The second-order valence-corrected chi connectivity index (χ2v) is 5.44. The summed E-state index contributed by atoms with van der Waals surface area (Å²) in [6, 6.07) is 4.85. The predicted molar refractivity (Wildman–Crippen MR) is 70.9 cm³/mol. The smallest absolute Gasteiger partial charge is 0.233 e. The Morgan fingerprint density at radius 2 is 1.83 bits per heavy atom. The number of hydrogen-bond acceptors (Lipinski definition) is 5. The SMILES string of the molecule is CNCCS(=O)(=O)Nc1ccc(OC)c(OC)c1. The van der Waals surface area contributed by atoms with Gasteiger partial charge in [0.2, 0.25) is 10.0 Å². The molecule has 18 heavy (non-hydrogen) atoms. The van der Waals surface area contributed by atoms with Crippen molar-refractivity contribution in [3.63, 3.8) is 0 Å². The molecule has 0 saturated carbocycles. The number of sulfonamides is 1. The van der Waals surface area contributed by atoms with Crippen LogP contribution in [0.5, 0.6) is 11.5 Å². The van der Waals surface area contributed by atoms with Gasteiger partial charge in [-0.1, -0.05) is 0 Å². The first-order valence-electron chi connectivity index (χ1n) is 5.39. The maximum absolute atomic E-state index is 11.7. The molecule has 102 valence electrons. The Kier molecular flexibility index (Phi) is 5.24. The largest absolute Gasteiger partial charge is 0.493 e. The Hall–Kier alpha value is -1.47. The molecule has 0 saturated heterocycles. The zero-order valence-electron chi connectivity index (χ0n) is 10.7. The highest BCUT2D eigenvalue weighted by Gasteiger charge is 2.11. The Morgan fingerprint density at radius 3 is 2.39 bits per heavy atom. The van der Waals surface area contributed by atoms with Crippen molar-refractivity contribution in [2.24, 2.45) is 0 Å². The molecule has 7 heteroatoms. The maximum atomic E-state index is 11.7. The minimum absolute atomic E-state index is 0.0118. The van der Waals surface area contributed by atoms with E-state index in [4.69, 9.17) is 9.47 Å². The van der Waals surface area contributed by atoms with E-state index < -0.39 is 10.0 Å². The number of nitrogens with one attached hydrogen (secondary N) is 2. The standard InChI is InChI=1S/C11H18N2O4S/c1-12-6-7-18(14,15)13-9-4-5-10(16-2)11(8-9)17-3/h4-5,8,12-13H,6-7H2,1-3H3. The predicted octanol–water partition coefficient (Wildman–Crippen LogP) is 0.665. The van der Waals surface area contributed by atoms with Crippen molar-refractivity contribution >= 4 is 15.7 Å². The van der Waals surface area contributed by atoms with E-state index in [1.54, 1.807) is 25.2 Å². The Bertz CT molecular complexity index is 488. The molecular formula is C11H18N2O4S. The Balaban J connectivity index is 2.85. The normalized spacial score (nSPS) is 11.1. The van der Waals surface area contributed by atoms with Gasteiger partial charge in [-0.25, -0.2) is 8.42 Å². The number of benzene rings is 1. The third kappa shape index (κ3) is 4.08. The van der Waals surface area contributed by atoms with E-state index in [2.05, 4.69) is 10.0 Å².